The average Bonchev–Trinajstić information content (AvgIpc) is 3.45. The minimum Gasteiger partial charge on any atom is -0.497 e. The van der Waals surface area contributed by atoms with Crippen molar-refractivity contribution in [1.29, 1.82) is 0 Å². The maximum atomic E-state index is 11.3. The third-order valence-electron chi connectivity index (χ3n) is 7.30. The molecule has 1 aromatic heterocycles. The van der Waals surface area contributed by atoms with Gasteiger partial charge >= 0.3 is 6.09 Å². The van der Waals surface area contributed by atoms with Crippen LogP contribution in [-0.4, -0.2) is 60.4 Å². The van der Waals surface area contributed by atoms with E-state index in [-0.39, 0.29) is 0 Å². The van der Waals surface area contributed by atoms with Gasteiger partial charge in [-0.05, 0) is 74.0 Å². The summed E-state index contributed by atoms with van der Waals surface area (Å²) in [7, 11) is 1.67. The smallest absolute Gasteiger partial charge is 0.407 e. The summed E-state index contributed by atoms with van der Waals surface area (Å²) in [6, 6.07) is 18.8. The monoisotopic (exact) mass is 460 g/mol. The first-order valence-electron chi connectivity index (χ1n) is 12.1. The molecule has 1 saturated carbocycles. The number of pyridine rings is 1. The maximum absolute atomic E-state index is 11.3. The minimum atomic E-state index is -0.782. The summed E-state index contributed by atoms with van der Waals surface area (Å²) in [6.07, 6.45) is 2.49. The maximum Gasteiger partial charge on any atom is 0.407 e. The van der Waals surface area contributed by atoms with E-state index in [2.05, 4.69) is 22.8 Å². The van der Waals surface area contributed by atoms with Gasteiger partial charge in [-0.25, -0.2) is 9.78 Å². The van der Waals surface area contributed by atoms with Crippen LogP contribution < -0.4 is 15.4 Å². The Hall–Kier alpha value is -3.32. The molecule has 0 radical (unpaired) electrons. The van der Waals surface area contributed by atoms with E-state index in [9.17, 15) is 9.90 Å². The zero-order valence-electron chi connectivity index (χ0n) is 19.5. The lowest BCUT2D eigenvalue weighted by Crippen LogP contribution is -2.37. The van der Waals surface area contributed by atoms with Gasteiger partial charge < -0.3 is 25.4 Å². The lowest BCUT2D eigenvalue weighted by Gasteiger charge is -2.21. The number of nitrogens with zero attached hydrogens (tertiary/aromatic N) is 2. The number of fused-ring (bicyclic) bond motifs is 2. The lowest BCUT2D eigenvalue weighted by atomic mass is 9.98. The highest BCUT2D eigenvalue weighted by molar-refractivity contribution is 5.93. The number of aromatic nitrogens is 1. The van der Waals surface area contributed by atoms with Crippen LogP contribution in [0.1, 0.15) is 19.3 Å². The molecule has 3 aromatic rings. The molecule has 1 amide bonds. The number of nitrogens with one attached hydrogen (secondary N) is 2. The van der Waals surface area contributed by atoms with Crippen molar-refractivity contribution in [3.63, 3.8) is 0 Å². The predicted octanol–water partition coefficient (Wildman–Crippen LogP) is 4.69. The number of hydrogen-bond donors (Lipinski definition) is 3. The van der Waals surface area contributed by atoms with E-state index in [0.717, 1.165) is 65.9 Å². The second-order valence-corrected chi connectivity index (χ2v) is 9.33. The Morgan fingerprint density at radius 1 is 1.12 bits per heavy atom. The van der Waals surface area contributed by atoms with E-state index in [0.29, 0.717) is 31.0 Å². The number of anilines is 1. The summed E-state index contributed by atoms with van der Waals surface area (Å²) in [5, 5.41) is 17.7. The van der Waals surface area contributed by atoms with Crippen LogP contribution >= 0.6 is 0 Å². The summed E-state index contributed by atoms with van der Waals surface area (Å²) < 4.78 is 5.28. The van der Waals surface area contributed by atoms with Crippen LogP contribution in [0, 0.1) is 11.8 Å². The number of rotatable bonds is 8. The van der Waals surface area contributed by atoms with Gasteiger partial charge in [0, 0.05) is 42.3 Å². The molecule has 178 valence electrons. The third kappa shape index (κ3) is 4.66. The van der Waals surface area contributed by atoms with Crippen LogP contribution in [0.2, 0.25) is 0 Å². The molecule has 2 aliphatic rings. The number of benzene rings is 2. The van der Waals surface area contributed by atoms with Crippen molar-refractivity contribution in [2.24, 2.45) is 11.8 Å². The number of hydrogen-bond acceptors (Lipinski definition) is 5. The largest absolute Gasteiger partial charge is 0.497 e. The molecule has 2 fully saturated rings. The van der Waals surface area contributed by atoms with Crippen molar-refractivity contribution in [3.05, 3.63) is 54.6 Å². The topological polar surface area (TPSA) is 86.7 Å². The number of para-hydroxylation sites is 1. The van der Waals surface area contributed by atoms with Crippen LogP contribution in [-0.2, 0) is 0 Å². The van der Waals surface area contributed by atoms with Crippen LogP contribution in [0.5, 0.6) is 5.75 Å². The minimum absolute atomic E-state index is 0.429. The summed E-state index contributed by atoms with van der Waals surface area (Å²) in [6.45, 7) is 3.14. The Balaban J connectivity index is 1.20. The molecule has 34 heavy (non-hydrogen) atoms. The van der Waals surface area contributed by atoms with E-state index >= 15 is 0 Å². The predicted molar refractivity (Wildman–Crippen MR) is 134 cm³/mol. The molecule has 2 heterocycles. The quantitative estimate of drug-likeness (QED) is 0.423. The average molecular weight is 461 g/mol. The molecule has 5 rings (SSSR count). The summed E-state index contributed by atoms with van der Waals surface area (Å²) >= 11 is 0. The molecule has 7 heteroatoms. The normalized spacial score (nSPS) is 21.6. The molecule has 2 aromatic carbocycles. The molecule has 3 N–H and O–H groups in total. The van der Waals surface area contributed by atoms with Crippen molar-refractivity contribution < 1.29 is 14.6 Å². The van der Waals surface area contributed by atoms with Gasteiger partial charge in [-0.15, -0.1) is 0 Å². The molecule has 1 aliphatic carbocycles. The van der Waals surface area contributed by atoms with Crippen molar-refractivity contribution >= 4 is 22.7 Å². The zero-order valence-corrected chi connectivity index (χ0v) is 19.5. The van der Waals surface area contributed by atoms with E-state index in [1.807, 2.05) is 42.5 Å². The Bertz CT molecular complexity index is 1150. The number of likely N-dealkylation sites (tertiary alicyclic amines) is 1. The molecular weight excluding hydrogens is 428 g/mol. The van der Waals surface area contributed by atoms with Gasteiger partial charge in [0.2, 0.25) is 0 Å². The Labute approximate surface area is 200 Å². The van der Waals surface area contributed by atoms with Crippen molar-refractivity contribution in [2.75, 3.05) is 38.6 Å². The van der Waals surface area contributed by atoms with Crippen LogP contribution in [0.3, 0.4) is 0 Å². The third-order valence-corrected chi connectivity index (χ3v) is 7.30. The first kappa shape index (κ1) is 22.5. The van der Waals surface area contributed by atoms with Gasteiger partial charge in [0.1, 0.15) is 5.75 Å². The van der Waals surface area contributed by atoms with Crippen LogP contribution in [0.4, 0.5) is 10.5 Å². The Kier molecular flexibility index (Phi) is 6.54. The number of carbonyl (C=O) groups is 1. The Morgan fingerprint density at radius 3 is 2.74 bits per heavy atom. The van der Waals surface area contributed by atoms with E-state index in [1.54, 1.807) is 12.0 Å². The SMILES string of the molecule is COc1ccc(-c2cc(NCCCNC3CCC4CN(C(=O)O)CC43)c3ccccc3n2)cc1. The standard InChI is InChI=1S/C27H32N4O3/c1-34-20-10-7-18(8-11-20)25-15-26(21-5-2-3-6-24(21)30-25)29-14-4-13-28-23-12-9-19-16-31(27(32)33)17-22(19)23/h2-3,5-8,10-11,15,19,22-23,28H,4,9,12-14,16-17H2,1H3,(H,29,30)(H,32,33). The number of amides is 1. The summed E-state index contributed by atoms with van der Waals surface area (Å²) in [4.78, 5) is 17.7. The highest BCUT2D eigenvalue weighted by Gasteiger charge is 2.43. The van der Waals surface area contributed by atoms with E-state index in [4.69, 9.17) is 9.72 Å². The molecule has 1 aliphatic heterocycles. The fraction of sp³-hybridized carbons (Fsp3) is 0.407. The number of methoxy groups -OCH3 is 1. The fourth-order valence-electron chi connectivity index (χ4n) is 5.51. The lowest BCUT2D eigenvalue weighted by molar-refractivity contribution is 0.151. The molecule has 0 spiro atoms. The van der Waals surface area contributed by atoms with Gasteiger partial charge in [0.15, 0.2) is 0 Å². The highest BCUT2D eigenvalue weighted by atomic mass is 16.5. The molecular formula is C27H32N4O3. The molecule has 3 unspecified atom stereocenters. The van der Waals surface area contributed by atoms with Crippen LogP contribution in [0.25, 0.3) is 22.2 Å². The molecule has 0 bridgehead atoms. The second-order valence-electron chi connectivity index (χ2n) is 9.33. The van der Waals surface area contributed by atoms with Crippen molar-refractivity contribution in [3.8, 4) is 17.0 Å². The summed E-state index contributed by atoms with van der Waals surface area (Å²) in [5.74, 6) is 1.81. The van der Waals surface area contributed by atoms with Crippen molar-refractivity contribution in [2.45, 2.75) is 25.3 Å². The first-order chi connectivity index (χ1) is 16.6. The Morgan fingerprint density at radius 2 is 1.94 bits per heavy atom. The highest BCUT2D eigenvalue weighted by Crippen LogP contribution is 2.38. The fourth-order valence-corrected chi connectivity index (χ4v) is 5.51. The number of carboxylic acid groups (broad SMARTS) is 1. The van der Waals surface area contributed by atoms with Gasteiger partial charge in [-0.3, -0.25) is 0 Å². The van der Waals surface area contributed by atoms with E-state index < -0.39 is 6.09 Å². The van der Waals surface area contributed by atoms with Crippen molar-refractivity contribution in [1.82, 2.24) is 15.2 Å². The van der Waals surface area contributed by atoms with Gasteiger partial charge in [-0.1, -0.05) is 18.2 Å². The van der Waals surface area contributed by atoms with Gasteiger partial charge in [-0.2, -0.15) is 0 Å². The van der Waals surface area contributed by atoms with Gasteiger partial charge in [0.25, 0.3) is 0 Å². The second kappa shape index (κ2) is 9.89. The first-order valence-corrected chi connectivity index (χ1v) is 12.1. The molecule has 7 nitrogen and oxygen atoms in total. The molecule has 3 atom stereocenters. The number of ether oxygens (including phenoxy) is 1. The van der Waals surface area contributed by atoms with E-state index in [1.165, 1.54) is 0 Å². The van der Waals surface area contributed by atoms with Crippen LogP contribution in [0.15, 0.2) is 54.6 Å². The zero-order chi connectivity index (χ0) is 23.5. The van der Waals surface area contributed by atoms with Gasteiger partial charge in [0.05, 0.1) is 18.3 Å². The summed E-state index contributed by atoms with van der Waals surface area (Å²) in [5.41, 5.74) is 4.05. The molecule has 1 saturated heterocycles.